The zero-order chi connectivity index (χ0) is 20.5. The van der Waals surface area contributed by atoms with Gasteiger partial charge in [-0.05, 0) is 64.0 Å². The van der Waals surface area contributed by atoms with Crippen molar-refractivity contribution >= 4 is 39.7 Å². The number of carbonyl (C=O) groups is 1. The van der Waals surface area contributed by atoms with E-state index in [-0.39, 0.29) is 12.5 Å². The van der Waals surface area contributed by atoms with Crippen LogP contribution in [0.1, 0.15) is 11.1 Å². The lowest BCUT2D eigenvalue weighted by molar-refractivity contribution is -0.123. The maximum Gasteiger partial charge on any atom is 0.277 e. The fourth-order valence-electron chi connectivity index (χ4n) is 2.34. The number of nitrogens with one attached hydrogen (secondary N) is 1. The molecule has 29 heavy (non-hydrogen) atoms. The topological polar surface area (TPSA) is 59.9 Å². The van der Waals surface area contributed by atoms with E-state index in [0.717, 1.165) is 15.6 Å². The Labute approximate surface area is 182 Å². The maximum absolute atomic E-state index is 11.8. The van der Waals surface area contributed by atoms with Gasteiger partial charge in [-0.1, -0.05) is 41.9 Å². The van der Waals surface area contributed by atoms with E-state index in [2.05, 4.69) is 26.5 Å². The predicted molar refractivity (Wildman–Crippen MR) is 118 cm³/mol. The minimum atomic E-state index is -0.350. The van der Waals surface area contributed by atoms with Gasteiger partial charge >= 0.3 is 0 Å². The molecular formula is C22H18BrClN2O3. The van der Waals surface area contributed by atoms with Gasteiger partial charge in [0.2, 0.25) is 0 Å². The van der Waals surface area contributed by atoms with E-state index in [9.17, 15) is 4.79 Å². The molecule has 5 nitrogen and oxygen atoms in total. The van der Waals surface area contributed by atoms with Crippen molar-refractivity contribution < 1.29 is 14.3 Å². The standard InChI is InChI=1S/C22H18BrClN2O3/c23-19-6-2-4-8-21(19)29-15-22(27)26-25-13-16-9-11-18(12-10-16)28-14-17-5-1-3-7-20(17)24/h1-13H,14-15H2,(H,26,27)/b25-13+. The van der Waals surface area contributed by atoms with Crippen LogP contribution in [-0.4, -0.2) is 18.7 Å². The zero-order valence-corrected chi connectivity index (χ0v) is 17.7. The largest absolute Gasteiger partial charge is 0.489 e. The summed E-state index contributed by atoms with van der Waals surface area (Å²) in [5.41, 5.74) is 4.18. The molecule has 148 valence electrons. The summed E-state index contributed by atoms with van der Waals surface area (Å²) in [5, 5.41) is 4.61. The van der Waals surface area contributed by atoms with Gasteiger partial charge in [-0.25, -0.2) is 5.43 Å². The number of rotatable bonds is 8. The summed E-state index contributed by atoms with van der Waals surface area (Å²) in [5.74, 6) is 0.962. The Bertz CT molecular complexity index is 993. The Morgan fingerprint density at radius 2 is 1.72 bits per heavy atom. The third-order valence-corrected chi connectivity index (χ3v) is 4.85. The lowest BCUT2D eigenvalue weighted by atomic mass is 10.2. The molecule has 0 aliphatic heterocycles. The Morgan fingerprint density at radius 1 is 1.00 bits per heavy atom. The number of halogens is 2. The summed E-state index contributed by atoms with van der Waals surface area (Å²) in [4.78, 5) is 11.8. The van der Waals surface area contributed by atoms with E-state index in [4.69, 9.17) is 21.1 Å². The number of ether oxygens (including phenoxy) is 2. The summed E-state index contributed by atoms with van der Waals surface area (Å²) < 4.78 is 12.0. The first kappa shape index (κ1) is 20.9. The third kappa shape index (κ3) is 6.62. The van der Waals surface area contributed by atoms with Crippen molar-refractivity contribution in [2.45, 2.75) is 6.61 Å². The average Bonchev–Trinajstić information content (AvgIpc) is 2.73. The monoisotopic (exact) mass is 472 g/mol. The van der Waals surface area contributed by atoms with E-state index < -0.39 is 0 Å². The molecule has 0 heterocycles. The summed E-state index contributed by atoms with van der Waals surface area (Å²) in [6.07, 6.45) is 1.55. The molecule has 0 spiro atoms. The van der Waals surface area contributed by atoms with Crippen LogP contribution in [-0.2, 0) is 11.4 Å². The molecular weight excluding hydrogens is 456 g/mol. The molecule has 7 heteroatoms. The van der Waals surface area contributed by atoms with Gasteiger partial charge in [-0.15, -0.1) is 0 Å². The highest BCUT2D eigenvalue weighted by Crippen LogP contribution is 2.23. The number of hydrogen-bond acceptors (Lipinski definition) is 4. The molecule has 0 aliphatic rings. The number of hydrazone groups is 1. The van der Waals surface area contributed by atoms with Crippen molar-refractivity contribution in [3.05, 3.63) is 93.4 Å². The van der Waals surface area contributed by atoms with E-state index in [1.807, 2.05) is 66.7 Å². The molecule has 0 bridgehead atoms. The van der Waals surface area contributed by atoms with Crippen molar-refractivity contribution in [3.8, 4) is 11.5 Å². The number of nitrogens with zero attached hydrogens (tertiary/aromatic N) is 1. The first-order valence-corrected chi connectivity index (χ1v) is 9.94. The van der Waals surface area contributed by atoms with Crippen LogP contribution in [0.2, 0.25) is 5.02 Å². The number of hydrogen-bond donors (Lipinski definition) is 1. The molecule has 0 saturated carbocycles. The molecule has 0 aromatic heterocycles. The van der Waals surface area contributed by atoms with Crippen LogP contribution in [0, 0.1) is 0 Å². The van der Waals surface area contributed by atoms with Crippen LogP contribution in [0.4, 0.5) is 0 Å². The SMILES string of the molecule is O=C(COc1ccccc1Br)N/N=C/c1ccc(OCc2ccccc2Cl)cc1. The van der Waals surface area contributed by atoms with Gasteiger partial charge in [0.05, 0.1) is 10.7 Å². The molecule has 0 unspecified atom stereocenters. The first-order valence-electron chi connectivity index (χ1n) is 8.77. The highest BCUT2D eigenvalue weighted by Gasteiger charge is 2.04. The highest BCUT2D eigenvalue weighted by molar-refractivity contribution is 9.10. The van der Waals surface area contributed by atoms with Crippen molar-refractivity contribution in [1.29, 1.82) is 0 Å². The van der Waals surface area contributed by atoms with Gasteiger partial charge < -0.3 is 9.47 Å². The fraction of sp³-hybridized carbons (Fsp3) is 0.0909. The molecule has 1 N–H and O–H groups in total. The molecule has 3 aromatic rings. The van der Waals surface area contributed by atoms with Gasteiger partial charge in [0.25, 0.3) is 5.91 Å². The lowest BCUT2D eigenvalue weighted by Gasteiger charge is -2.08. The van der Waals surface area contributed by atoms with Crippen LogP contribution < -0.4 is 14.9 Å². The minimum absolute atomic E-state index is 0.130. The Balaban J connectivity index is 1.44. The quantitative estimate of drug-likeness (QED) is 0.361. The van der Waals surface area contributed by atoms with Crippen molar-refractivity contribution in [3.63, 3.8) is 0 Å². The van der Waals surface area contributed by atoms with E-state index in [0.29, 0.717) is 23.1 Å². The molecule has 0 aliphatic carbocycles. The zero-order valence-electron chi connectivity index (χ0n) is 15.3. The van der Waals surface area contributed by atoms with E-state index in [1.54, 1.807) is 12.3 Å². The van der Waals surface area contributed by atoms with Crippen LogP contribution in [0.25, 0.3) is 0 Å². The van der Waals surface area contributed by atoms with Crippen LogP contribution >= 0.6 is 27.5 Å². The van der Waals surface area contributed by atoms with Gasteiger partial charge in [0.1, 0.15) is 18.1 Å². The van der Waals surface area contributed by atoms with Crippen LogP contribution in [0.5, 0.6) is 11.5 Å². The summed E-state index contributed by atoms with van der Waals surface area (Å²) in [7, 11) is 0. The highest BCUT2D eigenvalue weighted by atomic mass is 79.9. The van der Waals surface area contributed by atoms with Gasteiger partial charge in [0.15, 0.2) is 6.61 Å². The second kappa shape index (κ2) is 10.6. The molecule has 0 radical (unpaired) electrons. The number of para-hydroxylation sites is 1. The van der Waals surface area contributed by atoms with Crippen LogP contribution in [0.15, 0.2) is 82.4 Å². The summed E-state index contributed by atoms with van der Waals surface area (Å²) in [6, 6.07) is 22.2. The Morgan fingerprint density at radius 3 is 2.48 bits per heavy atom. The smallest absolute Gasteiger partial charge is 0.277 e. The Hall–Kier alpha value is -2.83. The second-order valence-electron chi connectivity index (χ2n) is 5.96. The van der Waals surface area contributed by atoms with E-state index in [1.165, 1.54) is 0 Å². The fourth-order valence-corrected chi connectivity index (χ4v) is 2.93. The summed E-state index contributed by atoms with van der Waals surface area (Å²) >= 11 is 9.48. The predicted octanol–water partition coefficient (Wildman–Crippen LogP) is 5.21. The molecule has 1 amide bonds. The molecule has 0 fully saturated rings. The Kier molecular flexibility index (Phi) is 7.67. The van der Waals surface area contributed by atoms with Crippen molar-refractivity contribution in [2.24, 2.45) is 5.10 Å². The van der Waals surface area contributed by atoms with Gasteiger partial charge in [-0.2, -0.15) is 5.10 Å². The normalized spacial score (nSPS) is 10.7. The average molecular weight is 474 g/mol. The lowest BCUT2D eigenvalue weighted by Crippen LogP contribution is -2.24. The van der Waals surface area contributed by atoms with Gasteiger partial charge in [-0.3, -0.25) is 4.79 Å². The number of carbonyl (C=O) groups excluding carboxylic acids is 1. The third-order valence-electron chi connectivity index (χ3n) is 3.83. The van der Waals surface area contributed by atoms with Crippen LogP contribution in [0.3, 0.4) is 0 Å². The molecule has 3 rings (SSSR count). The maximum atomic E-state index is 11.8. The molecule has 3 aromatic carbocycles. The van der Waals surface area contributed by atoms with Gasteiger partial charge in [0, 0.05) is 10.6 Å². The van der Waals surface area contributed by atoms with Crippen molar-refractivity contribution in [2.75, 3.05) is 6.61 Å². The van der Waals surface area contributed by atoms with Crippen molar-refractivity contribution in [1.82, 2.24) is 5.43 Å². The molecule has 0 saturated heterocycles. The van der Waals surface area contributed by atoms with E-state index >= 15 is 0 Å². The minimum Gasteiger partial charge on any atom is -0.489 e. The number of amides is 1. The number of benzene rings is 3. The second-order valence-corrected chi connectivity index (χ2v) is 7.22. The summed E-state index contributed by atoms with van der Waals surface area (Å²) in [6.45, 7) is 0.259. The first-order chi connectivity index (χ1) is 14.1. The molecule has 0 atom stereocenters.